The van der Waals surface area contributed by atoms with Crippen LogP contribution in [0.25, 0.3) is 0 Å². The topological polar surface area (TPSA) is 46.2 Å². The van der Waals surface area contributed by atoms with Crippen molar-refractivity contribution in [2.45, 2.75) is 38.1 Å². The Hall–Kier alpha value is -0.870. The fraction of sp³-hybridized carbons (Fsp3) is 0.538. The molecule has 1 atom stereocenters. The van der Waals surface area contributed by atoms with Gasteiger partial charge in [-0.2, -0.15) is 0 Å². The molecule has 96 valence electrons. The SMILES string of the molecule is CCNC(C)CCS(=O)(=O)c1ccc(C)cc1. The summed E-state index contributed by atoms with van der Waals surface area (Å²) in [6.45, 7) is 6.84. The maximum Gasteiger partial charge on any atom is 0.178 e. The largest absolute Gasteiger partial charge is 0.314 e. The molecule has 17 heavy (non-hydrogen) atoms. The Bertz CT molecular complexity index is 437. The maximum atomic E-state index is 12.0. The van der Waals surface area contributed by atoms with Crippen LogP contribution in [0.1, 0.15) is 25.8 Å². The van der Waals surface area contributed by atoms with Crippen LogP contribution in [-0.4, -0.2) is 26.8 Å². The molecule has 0 amide bonds. The molecule has 0 aliphatic carbocycles. The summed E-state index contributed by atoms with van der Waals surface area (Å²) in [5.41, 5.74) is 1.07. The first kappa shape index (κ1) is 14.2. The second kappa shape index (κ2) is 6.17. The first-order chi connectivity index (χ1) is 7.95. The van der Waals surface area contributed by atoms with Crippen LogP contribution in [0.15, 0.2) is 29.2 Å². The van der Waals surface area contributed by atoms with E-state index in [1.54, 1.807) is 12.1 Å². The fourth-order valence-electron chi connectivity index (χ4n) is 1.65. The van der Waals surface area contributed by atoms with Gasteiger partial charge >= 0.3 is 0 Å². The average molecular weight is 255 g/mol. The Kier molecular flexibility index (Phi) is 5.15. The van der Waals surface area contributed by atoms with Crippen molar-refractivity contribution >= 4 is 9.84 Å². The van der Waals surface area contributed by atoms with Gasteiger partial charge in [0.05, 0.1) is 10.6 Å². The zero-order valence-electron chi connectivity index (χ0n) is 10.7. The molecule has 0 radical (unpaired) electrons. The molecule has 1 rings (SSSR count). The second-order valence-corrected chi connectivity index (χ2v) is 6.49. The van der Waals surface area contributed by atoms with Crippen LogP contribution >= 0.6 is 0 Å². The summed E-state index contributed by atoms with van der Waals surface area (Å²) in [4.78, 5) is 0.423. The van der Waals surface area contributed by atoms with Crippen molar-refractivity contribution in [2.75, 3.05) is 12.3 Å². The van der Waals surface area contributed by atoms with Crippen LogP contribution in [-0.2, 0) is 9.84 Å². The highest BCUT2D eigenvalue weighted by Gasteiger charge is 2.15. The van der Waals surface area contributed by atoms with Gasteiger partial charge < -0.3 is 5.32 Å². The molecular formula is C13H21NO2S. The van der Waals surface area contributed by atoms with Crippen LogP contribution in [0.2, 0.25) is 0 Å². The highest BCUT2D eigenvalue weighted by Crippen LogP contribution is 2.13. The van der Waals surface area contributed by atoms with E-state index in [4.69, 9.17) is 0 Å². The summed E-state index contributed by atoms with van der Waals surface area (Å²) in [7, 11) is -3.13. The summed E-state index contributed by atoms with van der Waals surface area (Å²) in [6.07, 6.45) is 0.643. The molecule has 1 aromatic rings. The number of benzene rings is 1. The van der Waals surface area contributed by atoms with Crippen molar-refractivity contribution in [1.82, 2.24) is 5.32 Å². The monoisotopic (exact) mass is 255 g/mol. The summed E-state index contributed by atoms with van der Waals surface area (Å²) in [5, 5.41) is 3.21. The van der Waals surface area contributed by atoms with Crippen molar-refractivity contribution in [3.8, 4) is 0 Å². The predicted molar refractivity (Wildman–Crippen MR) is 71.0 cm³/mol. The van der Waals surface area contributed by atoms with Crippen molar-refractivity contribution in [3.05, 3.63) is 29.8 Å². The van der Waals surface area contributed by atoms with E-state index in [1.807, 2.05) is 32.9 Å². The average Bonchev–Trinajstić information content (AvgIpc) is 2.28. The summed E-state index contributed by atoms with van der Waals surface area (Å²) < 4.78 is 24.0. The number of rotatable bonds is 6. The van der Waals surface area contributed by atoms with Crippen molar-refractivity contribution < 1.29 is 8.42 Å². The minimum absolute atomic E-state index is 0.199. The minimum atomic E-state index is -3.13. The highest BCUT2D eigenvalue weighted by molar-refractivity contribution is 7.91. The van der Waals surface area contributed by atoms with E-state index >= 15 is 0 Å². The molecular weight excluding hydrogens is 234 g/mol. The molecule has 0 heterocycles. The number of hydrogen-bond donors (Lipinski definition) is 1. The lowest BCUT2D eigenvalue weighted by Gasteiger charge is -2.12. The first-order valence-corrected chi connectivity index (χ1v) is 7.63. The summed E-state index contributed by atoms with van der Waals surface area (Å²) in [6, 6.07) is 7.27. The molecule has 3 nitrogen and oxygen atoms in total. The molecule has 0 saturated carbocycles. The van der Waals surface area contributed by atoms with E-state index in [0.717, 1.165) is 12.1 Å². The number of aryl methyl sites for hydroxylation is 1. The maximum absolute atomic E-state index is 12.0. The Labute approximate surface area is 104 Å². The summed E-state index contributed by atoms with van der Waals surface area (Å²) in [5.74, 6) is 0.199. The zero-order chi connectivity index (χ0) is 12.9. The van der Waals surface area contributed by atoms with Crippen molar-refractivity contribution in [3.63, 3.8) is 0 Å². The van der Waals surface area contributed by atoms with Crippen LogP contribution in [0.4, 0.5) is 0 Å². The molecule has 1 aromatic carbocycles. The van der Waals surface area contributed by atoms with Gasteiger partial charge in [-0.15, -0.1) is 0 Å². The first-order valence-electron chi connectivity index (χ1n) is 5.98. The molecule has 1 unspecified atom stereocenters. The smallest absolute Gasteiger partial charge is 0.178 e. The van der Waals surface area contributed by atoms with Gasteiger partial charge in [0.2, 0.25) is 0 Å². The van der Waals surface area contributed by atoms with E-state index < -0.39 is 9.84 Å². The molecule has 0 aliphatic heterocycles. The van der Waals surface area contributed by atoms with Gasteiger partial charge in [-0.3, -0.25) is 0 Å². The normalized spacial score (nSPS) is 13.6. The molecule has 0 spiro atoms. The molecule has 0 saturated heterocycles. The lowest BCUT2D eigenvalue weighted by Crippen LogP contribution is -2.27. The van der Waals surface area contributed by atoms with Crippen LogP contribution in [0.5, 0.6) is 0 Å². The summed E-state index contributed by atoms with van der Waals surface area (Å²) >= 11 is 0. The molecule has 0 aliphatic rings. The van der Waals surface area contributed by atoms with Crippen LogP contribution < -0.4 is 5.32 Å². The molecule has 4 heteroatoms. The third-order valence-corrected chi connectivity index (χ3v) is 4.52. The molecule has 0 aromatic heterocycles. The Morgan fingerprint density at radius 2 is 1.82 bits per heavy atom. The Morgan fingerprint density at radius 1 is 1.24 bits per heavy atom. The van der Waals surface area contributed by atoms with Gasteiger partial charge in [0.25, 0.3) is 0 Å². The Morgan fingerprint density at radius 3 is 2.35 bits per heavy atom. The number of hydrogen-bond acceptors (Lipinski definition) is 3. The number of nitrogens with one attached hydrogen (secondary N) is 1. The lowest BCUT2D eigenvalue weighted by atomic mass is 10.2. The van der Waals surface area contributed by atoms with E-state index in [0.29, 0.717) is 11.3 Å². The van der Waals surface area contributed by atoms with Crippen LogP contribution in [0, 0.1) is 6.92 Å². The second-order valence-electron chi connectivity index (χ2n) is 4.38. The van der Waals surface area contributed by atoms with E-state index in [9.17, 15) is 8.42 Å². The third kappa shape index (κ3) is 4.48. The van der Waals surface area contributed by atoms with Gasteiger partial charge in [0.1, 0.15) is 0 Å². The van der Waals surface area contributed by atoms with E-state index in [-0.39, 0.29) is 11.8 Å². The molecule has 0 fully saturated rings. The Balaban J connectivity index is 2.66. The zero-order valence-corrected chi connectivity index (χ0v) is 11.5. The molecule has 1 N–H and O–H groups in total. The van der Waals surface area contributed by atoms with E-state index in [2.05, 4.69) is 5.32 Å². The predicted octanol–water partition coefficient (Wildman–Crippen LogP) is 2.16. The fourth-order valence-corrected chi connectivity index (χ4v) is 3.10. The van der Waals surface area contributed by atoms with Crippen molar-refractivity contribution in [1.29, 1.82) is 0 Å². The molecule has 0 bridgehead atoms. The third-order valence-electron chi connectivity index (χ3n) is 2.75. The van der Waals surface area contributed by atoms with Crippen molar-refractivity contribution in [2.24, 2.45) is 0 Å². The minimum Gasteiger partial charge on any atom is -0.314 e. The highest BCUT2D eigenvalue weighted by atomic mass is 32.2. The standard InChI is InChI=1S/C13H21NO2S/c1-4-14-12(3)9-10-17(15,16)13-7-5-11(2)6-8-13/h5-8,12,14H,4,9-10H2,1-3H3. The van der Waals surface area contributed by atoms with Gasteiger partial charge in [0, 0.05) is 6.04 Å². The van der Waals surface area contributed by atoms with Gasteiger partial charge in [-0.05, 0) is 38.9 Å². The van der Waals surface area contributed by atoms with Gasteiger partial charge in [-0.1, -0.05) is 24.6 Å². The lowest BCUT2D eigenvalue weighted by molar-refractivity contribution is 0.541. The van der Waals surface area contributed by atoms with Gasteiger partial charge in [0.15, 0.2) is 9.84 Å². The number of sulfone groups is 1. The quantitative estimate of drug-likeness (QED) is 0.847. The van der Waals surface area contributed by atoms with E-state index in [1.165, 1.54) is 0 Å². The van der Waals surface area contributed by atoms with Crippen LogP contribution in [0.3, 0.4) is 0 Å². The van der Waals surface area contributed by atoms with Gasteiger partial charge in [-0.25, -0.2) is 8.42 Å².